The summed E-state index contributed by atoms with van der Waals surface area (Å²) in [6.07, 6.45) is 3.55. The number of nitrogens with one attached hydrogen (secondary N) is 1. The van der Waals surface area contributed by atoms with Crippen LogP contribution in [0.25, 0.3) is 0 Å². The Labute approximate surface area is 115 Å². The molecular weight excluding hydrogens is 242 g/mol. The van der Waals surface area contributed by atoms with Gasteiger partial charge in [-0.2, -0.15) is 0 Å². The highest BCUT2D eigenvalue weighted by Crippen LogP contribution is 2.26. The predicted octanol–water partition coefficient (Wildman–Crippen LogP) is 3.78. The minimum absolute atomic E-state index is 0.466. The van der Waals surface area contributed by atoms with Gasteiger partial charge in [-0.1, -0.05) is 6.92 Å². The summed E-state index contributed by atoms with van der Waals surface area (Å²) in [5.41, 5.74) is 0. The molecule has 1 aliphatic heterocycles. The third-order valence-corrected chi connectivity index (χ3v) is 5.36. The summed E-state index contributed by atoms with van der Waals surface area (Å²) in [4.78, 5) is 2.95. The predicted molar refractivity (Wildman–Crippen MR) is 78.3 cm³/mol. The molecule has 0 radical (unpaired) electrons. The number of hydrogen-bond acceptors (Lipinski definition) is 3. The van der Waals surface area contributed by atoms with Gasteiger partial charge in [0.15, 0.2) is 0 Å². The SMILES string of the molecule is CCc1ccc(C(C)NC(C)C2CCOCC2)s1. The van der Waals surface area contributed by atoms with Crippen molar-refractivity contribution in [2.45, 2.75) is 52.1 Å². The van der Waals surface area contributed by atoms with Gasteiger partial charge >= 0.3 is 0 Å². The lowest BCUT2D eigenvalue weighted by atomic mass is 9.92. The fourth-order valence-electron chi connectivity index (χ4n) is 2.65. The van der Waals surface area contributed by atoms with Crippen molar-refractivity contribution in [3.63, 3.8) is 0 Å². The van der Waals surface area contributed by atoms with Crippen LogP contribution in [0.5, 0.6) is 0 Å². The molecule has 18 heavy (non-hydrogen) atoms. The Bertz CT molecular complexity index is 357. The van der Waals surface area contributed by atoms with Crippen molar-refractivity contribution in [1.82, 2.24) is 5.32 Å². The average Bonchev–Trinajstić information content (AvgIpc) is 2.88. The van der Waals surface area contributed by atoms with Crippen molar-refractivity contribution < 1.29 is 4.74 Å². The quantitative estimate of drug-likeness (QED) is 0.876. The molecule has 2 heterocycles. The summed E-state index contributed by atoms with van der Waals surface area (Å²) in [7, 11) is 0. The zero-order valence-electron chi connectivity index (χ0n) is 11.7. The lowest BCUT2D eigenvalue weighted by Crippen LogP contribution is -2.37. The molecule has 3 heteroatoms. The third kappa shape index (κ3) is 3.56. The Kier molecular flexibility index (Phi) is 5.22. The number of thiophene rings is 1. The van der Waals surface area contributed by atoms with E-state index < -0.39 is 0 Å². The van der Waals surface area contributed by atoms with E-state index in [1.807, 2.05) is 11.3 Å². The molecule has 1 N–H and O–H groups in total. The Hall–Kier alpha value is -0.380. The highest BCUT2D eigenvalue weighted by molar-refractivity contribution is 7.12. The molecule has 1 aromatic rings. The van der Waals surface area contributed by atoms with Gasteiger partial charge in [-0.15, -0.1) is 11.3 Å². The Balaban J connectivity index is 1.87. The van der Waals surface area contributed by atoms with Crippen molar-refractivity contribution >= 4 is 11.3 Å². The lowest BCUT2D eigenvalue weighted by Gasteiger charge is -2.30. The number of ether oxygens (including phenoxy) is 1. The fraction of sp³-hybridized carbons (Fsp3) is 0.733. The molecule has 0 amide bonds. The summed E-state index contributed by atoms with van der Waals surface area (Å²) in [6, 6.07) is 5.58. The van der Waals surface area contributed by atoms with Gasteiger partial charge in [0.2, 0.25) is 0 Å². The van der Waals surface area contributed by atoms with Crippen LogP contribution < -0.4 is 5.32 Å². The number of aryl methyl sites for hydroxylation is 1. The molecule has 0 aromatic carbocycles. The molecule has 1 aromatic heterocycles. The first-order valence-electron chi connectivity index (χ1n) is 7.13. The van der Waals surface area contributed by atoms with Gasteiger partial charge in [0.1, 0.15) is 0 Å². The van der Waals surface area contributed by atoms with E-state index in [-0.39, 0.29) is 0 Å². The van der Waals surface area contributed by atoms with Crippen LogP contribution in [-0.4, -0.2) is 19.3 Å². The Morgan fingerprint density at radius 2 is 2.06 bits per heavy atom. The second kappa shape index (κ2) is 6.69. The second-order valence-corrected chi connectivity index (χ2v) is 6.48. The maximum Gasteiger partial charge on any atom is 0.0469 e. The van der Waals surface area contributed by atoms with Crippen LogP contribution in [0.15, 0.2) is 12.1 Å². The molecule has 0 spiro atoms. The molecule has 2 atom stereocenters. The minimum Gasteiger partial charge on any atom is -0.381 e. The van der Waals surface area contributed by atoms with E-state index in [0.717, 1.165) is 25.6 Å². The van der Waals surface area contributed by atoms with Gasteiger partial charge in [0.05, 0.1) is 0 Å². The monoisotopic (exact) mass is 267 g/mol. The summed E-state index contributed by atoms with van der Waals surface area (Å²) in [6.45, 7) is 8.69. The number of rotatable bonds is 5. The van der Waals surface area contributed by atoms with Crippen molar-refractivity contribution in [3.8, 4) is 0 Å². The zero-order chi connectivity index (χ0) is 13.0. The molecule has 1 aliphatic rings. The van der Waals surface area contributed by atoms with Crippen molar-refractivity contribution in [2.75, 3.05) is 13.2 Å². The van der Waals surface area contributed by atoms with E-state index in [9.17, 15) is 0 Å². The van der Waals surface area contributed by atoms with Crippen LogP contribution in [-0.2, 0) is 11.2 Å². The molecular formula is C15H25NOS. The number of hydrogen-bond donors (Lipinski definition) is 1. The first-order chi connectivity index (χ1) is 8.70. The smallest absolute Gasteiger partial charge is 0.0469 e. The minimum atomic E-state index is 0.466. The van der Waals surface area contributed by atoms with Crippen LogP contribution in [0.1, 0.15) is 49.4 Å². The summed E-state index contributed by atoms with van der Waals surface area (Å²) in [5.74, 6) is 0.770. The molecule has 1 saturated heterocycles. The molecule has 1 fully saturated rings. The maximum absolute atomic E-state index is 5.43. The van der Waals surface area contributed by atoms with Gasteiger partial charge in [-0.3, -0.25) is 0 Å². The standard InChI is InChI=1S/C15H25NOS/c1-4-14-5-6-15(18-14)12(3)16-11(2)13-7-9-17-10-8-13/h5-6,11-13,16H,4,7-10H2,1-3H3. The van der Waals surface area contributed by atoms with Crippen molar-refractivity contribution in [2.24, 2.45) is 5.92 Å². The molecule has 102 valence electrons. The molecule has 2 nitrogen and oxygen atoms in total. The maximum atomic E-state index is 5.43. The van der Waals surface area contributed by atoms with Crippen LogP contribution in [0.3, 0.4) is 0 Å². The lowest BCUT2D eigenvalue weighted by molar-refractivity contribution is 0.0547. The topological polar surface area (TPSA) is 21.3 Å². The first kappa shape index (κ1) is 14.0. The highest BCUT2D eigenvalue weighted by Gasteiger charge is 2.22. The molecule has 0 bridgehead atoms. The third-order valence-electron chi connectivity index (χ3n) is 3.94. The van der Waals surface area contributed by atoms with Crippen LogP contribution >= 0.6 is 11.3 Å². The molecule has 2 unspecified atom stereocenters. The van der Waals surface area contributed by atoms with E-state index in [2.05, 4.69) is 38.2 Å². The Morgan fingerprint density at radius 3 is 2.67 bits per heavy atom. The highest BCUT2D eigenvalue weighted by atomic mass is 32.1. The average molecular weight is 267 g/mol. The van der Waals surface area contributed by atoms with E-state index in [0.29, 0.717) is 12.1 Å². The van der Waals surface area contributed by atoms with E-state index in [1.54, 1.807) is 0 Å². The molecule has 0 aliphatic carbocycles. The van der Waals surface area contributed by atoms with Crippen molar-refractivity contribution in [3.05, 3.63) is 21.9 Å². The van der Waals surface area contributed by atoms with Gasteiger partial charge in [0, 0.05) is 35.1 Å². The summed E-state index contributed by atoms with van der Waals surface area (Å²) < 4.78 is 5.43. The van der Waals surface area contributed by atoms with E-state index in [1.165, 1.54) is 22.6 Å². The molecule has 0 saturated carbocycles. The van der Waals surface area contributed by atoms with Gasteiger partial charge < -0.3 is 10.1 Å². The normalized spacial score (nSPS) is 20.8. The van der Waals surface area contributed by atoms with E-state index >= 15 is 0 Å². The van der Waals surface area contributed by atoms with Gasteiger partial charge in [0.25, 0.3) is 0 Å². The summed E-state index contributed by atoms with van der Waals surface area (Å²) in [5, 5.41) is 3.76. The molecule has 2 rings (SSSR count). The largest absolute Gasteiger partial charge is 0.381 e. The van der Waals surface area contributed by atoms with Crippen molar-refractivity contribution in [1.29, 1.82) is 0 Å². The summed E-state index contributed by atoms with van der Waals surface area (Å²) >= 11 is 1.94. The van der Waals surface area contributed by atoms with Crippen LogP contribution in [0.4, 0.5) is 0 Å². The van der Waals surface area contributed by atoms with E-state index in [4.69, 9.17) is 4.74 Å². The first-order valence-corrected chi connectivity index (χ1v) is 7.94. The zero-order valence-corrected chi connectivity index (χ0v) is 12.6. The van der Waals surface area contributed by atoms with Gasteiger partial charge in [-0.25, -0.2) is 0 Å². The van der Waals surface area contributed by atoms with Crippen LogP contribution in [0, 0.1) is 5.92 Å². The van der Waals surface area contributed by atoms with Gasteiger partial charge in [-0.05, 0) is 51.2 Å². The second-order valence-electron chi connectivity index (χ2n) is 5.28. The van der Waals surface area contributed by atoms with Crippen LogP contribution in [0.2, 0.25) is 0 Å². The Morgan fingerprint density at radius 1 is 1.33 bits per heavy atom. The fourth-order valence-corrected chi connectivity index (χ4v) is 3.61.